The van der Waals surface area contributed by atoms with Gasteiger partial charge in [-0.05, 0) is 24.1 Å². The van der Waals surface area contributed by atoms with Crippen LogP contribution in [-0.2, 0) is 4.79 Å². The average Bonchev–Trinajstić information content (AvgIpc) is 2.07. The van der Waals surface area contributed by atoms with Gasteiger partial charge in [0, 0.05) is 4.47 Å². The molecule has 1 aromatic rings. The molecule has 1 nitrogen and oxygen atoms in total. The van der Waals surface area contributed by atoms with Crippen molar-refractivity contribution in [1.29, 1.82) is 0 Å². The van der Waals surface area contributed by atoms with Crippen LogP contribution in [0.15, 0.2) is 22.7 Å². The second-order valence-electron chi connectivity index (χ2n) is 2.01. The van der Waals surface area contributed by atoms with Gasteiger partial charge in [0.1, 0.15) is 5.82 Å². The molecule has 0 fully saturated rings. The molecular formula is C9H4BrFO. The van der Waals surface area contributed by atoms with Crippen LogP contribution in [0.1, 0.15) is 5.56 Å². The van der Waals surface area contributed by atoms with E-state index in [1.54, 1.807) is 6.07 Å². The highest BCUT2D eigenvalue weighted by molar-refractivity contribution is 9.10. The maximum atomic E-state index is 12.9. The molecule has 3 heteroatoms. The summed E-state index contributed by atoms with van der Waals surface area (Å²) in [7, 11) is 0. The Morgan fingerprint density at radius 2 is 2.25 bits per heavy atom. The molecular weight excluding hydrogens is 223 g/mol. The maximum Gasteiger partial charge on any atom is 0.193 e. The van der Waals surface area contributed by atoms with E-state index in [0.717, 1.165) is 4.47 Å². The summed E-state index contributed by atoms with van der Waals surface area (Å²) in [6.07, 6.45) is 0.431. The molecule has 0 saturated carbocycles. The highest BCUT2D eigenvalue weighted by atomic mass is 79.9. The maximum absolute atomic E-state index is 12.9. The standard InChI is InChI=1S/C9H4BrFO/c10-8-3-4-9(11)7(6-8)2-1-5-12/h3-6H. The van der Waals surface area contributed by atoms with Gasteiger partial charge in [0.05, 0.1) is 5.56 Å². The number of rotatable bonds is 0. The summed E-state index contributed by atoms with van der Waals surface area (Å²) in [4.78, 5) is 9.87. The highest BCUT2D eigenvalue weighted by Gasteiger charge is 1.97. The van der Waals surface area contributed by atoms with Gasteiger partial charge < -0.3 is 0 Å². The smallest absolute Gasteiger partial charge is 0.193 e. The van der Waals surface area contributed by atoms with Crippen molar-refractivity contribution < 1.29 is 9.18 Å². The number of carbonyl (C=O) groups excluding carboxylic acids is 1. The van der Waals surface area contributed by atoms with Gasteiger partial charge in [0.25, 0.3) is 0 Å². The van der Waals surface area contributed by atoms with Crippen molar-refractivity contribution in [2.24, 2.45) is 0 Å². The molecule has 0 saturated heterocycles. The average molecular weight is 227 g/mol. The van der Waals surface area contributed by atoms with Crippen LogP contribution < -0.4 is 0 Å². The molecule has 0 unspecified atom stereocenters. The van der Waals surface area contributed by atoms with E-state index in [1.807, 2.05) is 0 Å². The molecule has 0 atom stereocenters. The molecule has 0 spiro atoms. The van der Waals surface area contributed by atoms with Crippen molar-refractivity contribution in [3.63, 3.8) is 0 Å². The van der Waals surface area contributed by atoms with Crippen LogP contribution >= 0.6 is 15.9 Å². The first-order valence-corrected chi connectivity index (χ1v) is 3.93. The Hall–Kier alpha value is -1.14. The molecule has 0 aliphatic heterocycles. The Morgan fingerprint density at radius 1 is 1.50 bits per heavy atom. The summed E-state index contributed by atoms with van der Waals surface area (Å²) in [5, 5.41) is 0. The van der Waals surface area contributed by atoms with E-state index in [1.165, 1.54) is 12.1 Å². The van der Waals surface area contributed by atoms with Crippen LogP contribution in [0.5, 0.6) is 0 Å². The van der Waals surface area contributed by atoms with Crippen LogP contribution in [0.25, 0.3) is 0 Å². The minimum Gasteiger partial charge on any atom is -0.289 e. The minimum atomic E-state index is -0.424. The second kappa shape index (κ2) is 4.03. The predicted molar refractivity (Wildman–Crippen MR) is 47.0 cm³/mol. The lowest BCUT2D eigenvalue weighted by Crippen LogP contribution is -1.82. The molecule has 0 aromatic heterocycles. The zero-order valence-electron chi connectivity index (χ0n) is 5.97. The first-order valence-electron chi connectivity index (χ1n) is 3.14. The Kier molecular flexibility index (Phi) is 3.01. The van der Waals surface area contributed by atoms with Crippen molar-refractivity contribution >= 4 is 22.2 Å². The normalized spacial score (nSPS) is 8.50. The van der Waals surface area contributed by atoms with E-state index < -0.39 is 5.82 Å². The summed E-state index contributed by atoms with van der Waals surface area (Å²) in [6.45, 7) is 0. The number of hydrogen-bond donors (Lipinski definition) is 0. The molecule has 0 aliphatic carbocycles. The van der Waals surface area contributed by atoms with E-state index >= 15 is 0 Å². The molecule has 0 heterocycles. The fourth-order valence-corrected chi connectivity index (χ4v) is 1.06. The molecule has 12 heavy (non-hydrogen) atoms. The molecule has 0 aliphatic rings. The van der Waals surface area contributed by atoms with E-state index in [0.29, 0.717) is 6.29 Å². The van der Waals surface area contributed by atoms with Crippen LogP contribution in [-0.4, -0.2) is 6.29 Å². The minimum absolute atomic E-state index is 0.219. The third kappa shape index (κ3) is 2.18. The third-order valence-electron chi connectivity index (χ3n) is 1.19. The van der Waals surface area contributed by atoms with Crippen LogP contribution in [0.3, 0.4) is 0 Å². The van der Waals surface area contributed by atoms with Gasteiger partial charge in [0.15, 0.2) is 6.29 Å². The largest absolute Gasteiger partial charge is 0.289 e. The topological polar surface area (TPSA) is 17.1 Å². The summed E-state index contributed by atoms with van der Waals surface area (Å²) < 4.78 is 13.6. The van der Waals surface area contributed by atoms with Gasteiger partial charge in [-0.15, -0.1) is 0 Å². The number of carbonyl (C=O) groups is 1. The van der Waals surface area contributed by atoms with E-state index in [4.69, 9.17) is 0 Å². The second-order valence-corrected chi connectivity index (χ2v) is 2.93. The fraction of sp³-hybridized carbons (Fsp3) is 0. The van der Waals surface area contributed by atoms with E-state index in [-0.39, 0.29) is 5.56 Å². The van der Waals surface area contributed by atoms with Crippen molar-refractivity contribution in [3.8, 4) is 11.8 Å². The first kappa shape index (κ1) is 8.95. The Bertz CT molecular complexity index is 363. The van der Waals surface area contributed by atoms with Gasteiger partial charge in [0.2, 0.25) is 0 Å². The summed E-state index contributed by atoms with van der Waals surface area (Å²) in [5.74, 6) is 4.10. The quantitative estimate of drug-likeness (QED) is 0.490. The number of aldehydes is 1. The van der Waals surface area contributed by atoms with Crippen molar-refractivity contribution in [3.05, 3.63) is 34.1 Å². The molecule has 60 valence electrons. The Morgan fingerprint density at radius 3 is 2.92 bits per heavy atom. The van der Waals surface area contributed by atoms with Gasteiger partial charge in [-0.3, -0.25) is 4.79 Å². The zero-order valence-corrected chi connectivity index (χ0v) is 7.56. The lowest BCUT2D eigenvalue weighted by molar-refractivity contribution is -0.103. The Balaban J connectivity index is 3.13. The summed E-state index contributed by atoms with van der Waals surface area (Å²) in [6, 6.07) is 4.38. The number of hydrogen-bond acceptors (Lipinski definition) is 1. The SMILES string of the molecule is O=CC#Cc1cc(Br)ccc1F. The van der Waals surface area contributed by atoms with Crippen LogP contribution in [0.4, 0.5) is 4.39 Å². The van der Waals surface area contributed by atoms with E-state index in [2.05, 4.69) is 27.8 Å². The van der Waals surface area contributed by atoms with Crippen LogP contribution in [0, 0.1) is 17.7 Å². The molecule has 1 rings (SSSR count). The molecule has 1 aromatic carbocycles. The fourth-order valence-electron chi connectivity index (χ4n) is 0.701. The van der Waals surface area contributed by atoms with Gasteiger partial charge in [-0.25, -0.2) is 4.39 Å². The lowest BCUT2D eigenvalue weighted by atomic mass is 10.2. The summed E-state index contributed by atoms with van der Waals surface area (Å²) in [5.41, 5.74) is 0.219. The van der Waals surface area contributed by atoms with E-state index in [9.17, 15) is 9.18 Å². The number of benzene rings is 1. The van der Waals surface area contributed by atoms with Crippen LogP contribution in [0.2, 0.25) is 0 Å². The monoisotopic (exact) mass is 226 g/mol. The van der Waals surface area contributed by atoms with Crippen molar-refractivity contribution in [1.82, 2.24) is 0 Å². The number of halogens is 2. The highest BCUT2D eigenvalue weighted by Crippen LogP contribution is 2.14. The van der Waals surface area contributed by atoms with Gasteiger partial charge >= 0.3 is 0 Å². The molecule has 0 N–H and O–H groups in total. The van der Waals surface area contributed by atoms with Crippen molar-refractivity contribution in [2.45, 2.75) is 0 Å². The molecule has 0 amide bonds. The molecule has 0 bridgehead atoms. The van der Waals surface area contributed by atoms with Crippen molar-refractivity contribution in [2.75, 3.05) is 0 Å². The molecule has 0 radical (unpaired) electrons. The van der Waals surface area contributed by atoms with Gasteiger partial charge in [-0.1, -0.05) is 21.9 Å². The zero-order chi connectivity index (χ0) is 8.97. The lowest BCUT2D eigenvalue weighted by Gasteiger charge is -1.93. The Labute approximate surface area is 77.7 Å². The third-order valence-corrected chi connectivity index (χ3v) is 1.69. The predicted octanol–water partition coefficient (Wildman–Crippen LogP) is 2.14. The summed E-state index contributed by atoms with van der Waals surface area (Å²) >= 11 is 3.17. The first-order chi connectivity index (χ1) is 5.74. The van der Waals surface area contributed by atoms with Gasteiger partial charge in [-0.2, -0.15) is 0 Å².